The number of fused-ring (bicyclic) bond motifs is 1. The summed E-state index contributed by atoms with van der Waals surface area (Å²) in [5, 5.41) is 0. The Morgan fingerprint density at radius 2 is 2.00 bits per heavy atom. The van der Waals surface area contributed by atoms with Crippen LogP contribution in [0.2, 0.25) is 0 Å². The molecule has 0 radical (unpaired) electrons. The standard InChI is InChI=1S/C9H8F3NO2.ClH/c10-4-6(13)5-2-1-3-7-8(5)15-9(11,12)14-7;/h1-3,6H,4,13H2;1H/t6-;/m0./s1. The van der Waals surface area contributed by atoms with Crippen LogP contribution in [0.1, 0.15) is 11.6 Å². The quantitative estimate of drug-likeness (QED) is 0.883. The molecule has 0 fully saturated rings. The Hall–Kier alpha value is -1.14. The fraction of sp³-hybridized carbons (Fsp3) is 0.333. The fourth-order valence-corrected chi connectivity index (χ4v) is 1.37. The lowest BCUT2D eigenvalue weighted by molar-refractivity contribution is -0.287. The SMILES string of the molecule is Cl.N[C@@H](CF)c1cccc2c1OC(F)(F)O2. The Bertz CT molecular complexity index is 389. The van der Waals surface area contributed by atoms with E-state index < -0.39 is 19.0 Å². The van der Waals surface area contributed by atoms with E-state index in [0.717, 1.165) is 0 Å². The van der Waals surface area contributed by atoms with Gasteiger partial charge in [-0.2, -0.15) is 0 Å². The molecule has 2 N–H and O–H groups in total. The highest BCUT2D eigenvalue weighted by Gasteiger charge is 2.44. The molecule has 1 aromatic rings. The molecule has 0 unspecified atom stereocenters. The molecule has 0 amide bonds. The molecule has 90 valence electrons. The monoisotopic (exact) mass is 255 g/mol. The van der Waals surface area contributed by atoms with Crippen LogP contribution in [0.5, 0.6) is 11.5 Å². The van der Waals surface area contributed by atoms with Crippen LogP contribution in [0.3, 0.4) is 0 Å². The first kappa shape index (κ1) is 12.9. The van der Waals surface area contributed by atoms with E-state index in [1.54, 1.807) is 0 Å². The number of alkyl halides is 3. The summed E-state index contributed by atoms with van der Waals surface area (Å²) in [7, 11) is 0. The minimum absolute atomic E-state index is 0. The molecule has 1 aliphatic rings. The lowest BCUT2D eigenvalue weighted by atomic mass is 10.1. The Balaban J connectivity index is 0.00000128. The van der Waals surface area contributed by atoms with Crippen molar-refractivity contribution in [3.8, 4) is 11.5 Å². The minimum Gasteiger partial charge on any atom is -0.395 e. The molecule has 1 atom stereocenters. The summed E-state index contributed by atoms with van der Waals surface area (Å²) in [6.45, 7) is -0.856. The first-order valence-electron chi connectivity index (χ1n) is 4.24. The minimum atomic E-state index is -3.70. The second kappa shape index (κ2) is 4.39. The van der Waals surface area contributed by atoms with Crippen molar-refractivity contribution < 1.29 is 22.6 Å². The molecule has 3 nitrogen and oxygen atoms in total. The highest BCUT2D eigenvalue weighted by Crippen LogP contribution is 2.44. The van der Waals surface area contributed by atoms with Gasteiger partial charge in [-0.1, -0.05) is 12.1 Å². The normalized spacial score (nSPS) is 17.8. The maximum atomic E-state index is 12.7. The van der Waals surface area contributed by atoms with Gasteiger partial charge in [0, 0.05) is 5.56 Å². The zero-order valence-electron chi connectivity index (χ0n) is 7.95. The third kappa shape index (κ3) is 2.17. The van der Waals surface area contributed by atoms with Crippen molar-refractivity contribution >= 4 is 12.4 Å². The molecule has 0 bridgehead atoms. The molecule has 16 heavy (non-hydrogen) atoms. The maximum absolute atomic E-state index is 12.7. The molecule has 2 rings (SSSR count). The first-order chi connectivity index (χ1) is 7.03. The zero-order chi connectivity index (χ0) is 11.1. The molecule has 7 heteroatoms. The Morgan fingerprint density at radius 3 is 2.62 bits per heavy atom. The summed E-state index contributed by atoms with van der Waals surface area (Å²) < 4.78 is 46.2. The van der Waals surface area contributed by atoms with Crippen LogP contribution in [0.4, 0.5) is 13.2 Å². The number of nitrogens with two attached hydrogens (primary N) is 1. The van der Waals surface area contributed by atoms with Crippen molar-refractivity contribution in [2.24, 2.45) is 5.73 Å². The van der Waals surface area contributed by atoms with Crippen molar-refractivity contribution in [3.63, 3.8) is 0 Å². The van der Waals surface area contributed by atoms with Gasteiger partial charge in [0.1, 0.15) is 6.67 Å². The number of hydrogen-bond acceptors (Lipinski definition) is 3. The highest BCUT2D eigenvalue weighted by molar-refractivity contribution is 5.85. The van der Waals surface area contributed by atoms with Gasteiger partial charge in [0.25, 0.3) is 0 Å². The lowest BCUT2D eigenvalue weighted by Gasteiger charge is -2.10. The average molecular weight is 256 g/mol. The van der Waals surface area contributed by atoms with Crippen LogP contribution in [0, 0.1) is 0 Å². The molecule has 0 aliphatic carbocycles. The van der Waals surface area contributed by atoms with E-state index in [1.165, 1.54) is 18.2 Å². The number of ether oxygens (including phenoxy) is 2. The van der Waals surface area contributed by atoms with Crippen LogP contribution in [0.15, 0.2) is 18.2 Å². The molecule has 0 spiro atoms. The highest BCUT2D eigenvalue weighted by atomic mass is 35.5. The van der Waals surface area contributed by atoms with Gasteiger partial charge in [0.2, 0.25) is 0 Å². The van der Waals surface area contributed by atoms with E-state index in [2.05, 4.69) is 9.47 Å². The van der Waals surface area contributed by atoms with E-state index >= 15 is 0 Å². The summed E-state index contributed by atoms with van der Waals surface area (Å²) in [6, 6.07) is 3.20. The van der Waals surface area contributed by atoms with Crippen LogP contribution in [-0.4, -0.2) is 13.0 Å². The predicted octanol–water partition coefficient (Wildman–Crippen LogP) is 2.40. The molecule has 0 saturated heterocycles. The number of para-hydroxylation sites is 1. The largest absolute Gasteiger partial charge is 0.586 e. The zero-order valence-corrected chi connectivity index (χ0v) is 8.77. The molecule has 1 heterocycles. The summed E-state index contributed by atoms with van der Waals surface area (Å²) in [5.74, 6) is -0.311. The van der Waals surface area contributed by atoms with Crippen molar-refractivity contribution in [3.05, 3.63) is 23.8 Å². The second-order valence-corrected chi connectivity index (χ2v) is 3.10. The van der Waals surface area contributed by atoms with Gasteiger partial charge in [-0.05, 0) is 6.07 Å². The van der Waals surface area contributed by atoms with Crippen molar-refractivity contribution in [2.75, 3.05) is 6.67 Å². The molecular weight excluding hydrogens is 247 g/mol. The average Bonchev–Trinajstić information content (AvgIpc) is 2.49. The van der Waals surface area contributed by atoms with E-state index in [4.69, 9.17) is 5.73 Å². The summed E-state index contributed by atoms with van der Waals surface area (Å²) >= 11 is 0. The Kier molecular flexibility index (Phi) is 3.54. The number of rotatable bonds is 2. The topological polar surface area (TPSA) is 44.5 Å². The summed E-state index contributed by atoms with van der Waals surface area (Å²) in [4.78, 5) is 0. The predicted molar refractivity (Wildman–Crippen MR) is 52.8 cm³/mol. The van der Waals surface area contributed by atoms with Crippen LogP contribution in [-0.2, 0) is 0 Å². The van der Waals surface area contributed by atoms with Gasteiger partial charge in [-0.3, -0.25) is 0 Å². The maximum Gasteiger partial charge on any atom is 0.586 e. The number of halogens is 4. The fourth-order valence-electron chi connectivity index (χ4n) is 1.37. The van der Waals surface area contributed by atoms with E-state index in [-0.39, 0.29) is 29.5 Å². The third-order valence-corrected chi connectivity index (χ3v) is 2.02. The molecular formula is C9H9ClF3NO2. The molecule has 0 saturated carbocycles. The second-order valence-electron chi connectivity index (χ2n) is 3.10. The number of hydrogen-bond donors (Lipinski definition) is 1. The smallest absolute Gasteiger partial charge is 0.395 e. The van der Waals surface area contributed by atoms with Gasteiger partial charge < -0.3 is 15.2 Å². The summed E-state index contributed by atoms with van der Waals surface area (Å²) in [5.41, 5.74) is 5.57. The van der Waals surface area contributed by atoms with Gasteiger partial charge in [-0.25, -0.2) is 4.39 Å². The molecule has 1 aliphatic heterocycles. The van der Waals surface area contributed by atoms with Crippen molar-refractivity contribution in [1.29, 1.82) is 0 Å². The lowest BCUT2D eigenvalue weighted by Crippen LogP contribution is -2.26. The van der Waals surface area contributed by atoms with Crippen LogP contribution in [0.25, 0.3) is 0 Å². The van der Waals surface area contributed by atoms with Gasteiger partial charge in [0.05, 0.1) is 6.04 Å². The van der Waals surface area contributed by atoms with Crippen LogP contribution < -0.4 is 15.2 Å². The van der Waals surface area contributed by atoms with E-state index in [9.17, 15) is 13.2 Å². The van der Waals surface area contributed by atoms with Gasteiger partial charge in [-0.15, -0.1) is 21.2 Å². The third-order valence-electron chi connectivity index (χ3n) is 2.02. The molecule has 1 aromatic carbocycles. The van der Waals surface area contributed by atoms with E-state index in [0.29, 0.717) is 0 Å². The molecule has 0 aromatic heterocycles. The Morgan fingerprint density at radius 1 is 1.31 bits per heavy atom. The number of benzene rings is 1. The first-order valence-corrected chi connectivity index (χ1v) is 4.24. The van der Waals surface area contributed by atoms with Crippen LogP contribution >= 0.6 is 12.4 Å². The van der Waals surface area contributed by atoms with Crippen molar-refractivity contribution in [2.45, 2.75) is 12.3 Å². The van der Waals surface area contributed by atoms with Crippen molar-refractivity contribution in [1.82, 2.24) is 0 Å². The summed E-state index contributed by atoms with van der Waals surface area (Å²) in [6.07, 6.45) is -3.70. The van der Waals surface area contributed by atoms with Gasteiger partial charge in [0.15, 0.2) is 11.5 Å². The van der Waals surface area contributed by atoms with Gasteiger partial charge >= 0.3 is 6.29 Å². The Labute approximate surface area is 95.7 Å². The van der Waals surface area contributed by atoms with E-state index in [1.807, 2.05) is 0 Å².